The number of hydrogen-bond acceptors (Lipinski definition) is 5. The molecule has 6 nitrogen and oxygen atoms in total. The van der Waals surface area contributed by atoms with Crippen LogP contribution in [0.5, 0.6) is 5.75 Å². The van der Waals surface area contributed by atoms with Gasteiger partial charge in [0.15, 0.2) is 11.0 Å². The van der Waals surface area contributed by atoms with E-state index in [0.29, 0.717) is 24.1 Å². The van der Waals surface area contributed by atoms with Gasteiger partial charge in [-0.3, -0.25) is 9.36 Å². The van der Waals surface area contributed by atoms with Gasteiger partial charge in [-0.2, -0.15) is 0 Å². The summed E-state index contributed by atoms with van der Waals surface area (Å²) in [5.74, 6) is 1.58. The number of ether oxygens (including phenoxy) is 1. The van der Waals surface area contributed by atoms with E-state index in [1.807, 2.05) is 53.1 Å². The zero-order valence-corrected chi connectivity index (χ0v) is 19.2. The van der Waals surface area contributed by atoms with Crippen LogP contribution in [0, 0.1) is 11.7 Å². The Hall–Kier alpha value is -3.65. The summed E-state index contributed by atoms with van der Waals surface area (Å²) in [6.45, 7) is 1.15. The number of fused-ring (bicyclic) bond motifs is 1. The second kappa shape index (κ2) is 10.1. The summed E-state index contributed by atoms with van der Waals surface area (Å²) < 4.78 is 21.1. The van der Waals surface area contributed by atoms with Gasteiger partial charge in [0.1, 0.15) is 11.6 Å². The maximum atomic E-state index is 13.4. The minimum Gasteiger partial charge on any atom is -0.493 e. The third-order valence-electron chi connectivity index (χ3n) is 5.63. The molecule has 0 spiro atoms. The van der Waals surface area contributed by atoms with Gasteiger partial charge in [0.05, 0.1) is 12.4 Å². The van der Waals surface area contributed by atoms with Crippen LogP contribution in [0.2, 0.25) is 0 Å². The lowest BCUT2D eigenvalue weighted by Crippen LogP contribution is -2.35. The molecule has 0 aliphatic carbocycles. The zero-order valence-electron chi connectivity index (χ0n) is 18.4. The fraction of sp³-hybridized carbons (Fsp3) is 0.192. The van der Waals surface area contributed by atoms with Gasteiger partial charge in [-0.15, -0.1) is 10.2 Å². The highest BCUT2D eigenvalue weighted by atomic mass is 32.2. The number of hydrogen-bond donors (Lipinski definition) is 1. The minimum atomic E-state index is -0.312. The first-order valence-corrected chi connectivity index (χ1v) is 12.0. The first kappa shape index (κ1) is 22.2. The average molecular weight is 475 g/mol. The summed E-state index contributed by atoms with van der Waals surface area (Å²) in [4.78, 5) is 12.6. The molecule has 34 heavy (non-hydrogen) atoms. The molecule has 5 rings (SSSR count). The lowest BCUT2D eigenvalue weighted by Gasteiger charge is -2.25. The van der Waals surface area contributed by atoms with E-state index in [1.165, 1.54) is 29.5 Å². The maximum Gasteiger partial charge on any atom is 0.230 e. The molecule has 1 amide bonds. The first-order valence-electron chi connectivity index (χ1n) is 11.0. The topological polar surface area (TPSA) is 69.0 Å². The summed E-state index contributed by atoms with van der Waals surface area (Å²) >= 11 is 1.32. The molecule has 2 heterocycles. The van der Waals surface area contributed by atoms with Crippen LogP contribution in [-0.4, -0.2) is 39.6 Å². The van der Waals surface area contributed by atoms with Crippen molar-refractivity contribution in [1.82, 2.24) is 20.1 Å². The molecule has 1 atom stereocenters. The summed E-state index contributed by atoms with van der Waals surface area (Å²) in [6.07, 6.45) is 0.882. The van der Waals surface area contributed by atoms with Crippen LogP contribution in [0.15, 0.2) is 84.0 Å². The largest absolute Gasteiger partial charge is 0.493 e. The van der Waals surface area contributed by atoms with Crippen LogP contribution in [0.3, 0.4) is 0 Å². The minimum absolute atomic E-state index is 0.0743. The van der Waals surface area contributed by atoms with Crippen molar-refractivity contribution in [3.63, 3.8) is 0 Å². The van der Waals surface area contributed by atoms with Gasteiger partial charge in [0.25, 0.3) is 0 Å². The molecule has 8 heteroatoms. The van der Waals surface area contributed by atoms with Crippen LogP contribution in [0.1, 0.15) is 5.56 Å². The number of carbonyl (C=O) groups is 1. The van der Waals surface area contributed by atoms with Crippen LogP contribution < -0.4 is 10.1 Å². The molecule has 1 N–H and O–H groups in total. The van der Waals surface area contributed by atoms with Gasteiger partial charge in [0.2, 0.25) is 5.91 Å². The third kappa shape index (κ3) is 4.97. The van der Waals surface area contributed by atoms with E-state index in [1.54, 1.807) is 12.1 Å². The second-order valence-electron chi connectivity index (χ2n) is 8.07. The molecule has 3 aromatic carbocycles. The maximum absolute atomic E-state index is 13.4. The van der Waals surface area contributed by atoms with E-state index < -0.39 is 0 Å². The quantitative estimate of drug-likeness (QED) is 0.399. The lowest BCUT2D eigenvalue weighted by molar-refractivity contribution is -0.118. The Morgan fingerprint density at radius 2 is 1.79 bits per heavy atom. The Morgan fingerprint density at radius 3 is 2.62 bits per heavy atom. The van der Waals surface area contributed by atoms with E-state index >= 15 is 0 Å². The molecule has 0 saturated heterocycles. The van der Waals surface area contributed by atoms with E-state index in [9.17, 15) is 9.18 Å². The van der Waals surface area contributed by atoms with Crippen molar-refractivity contribution in [2.45, 2.75) is 11.6 Å². The van der Waals surface area contributed by atoms with Crippen molar-refractivity contribution >= 4 is 17.7 Å². The predicted octanol–water partition coefficient (Wildman–Crippen LogP) is 4.53. The lowest BCUT2D eigenvalue weighted by atomic mass is 9.97. The van der Waals surface area contributed by atoms with Crippen molar-refractivity contribution in [3.05, 3.63) is 90.2 Å². The summed E-state index contributed by atoms with van der Waals surface area (Å²) in [5, 5.41) is 12.3. The van der Waals surface area contributed by atoms with Crippen LogP contribution in [-0.2, 0) is 11.2 Å². The SMILES string of the molecule is O=C(CSc1nnc(-c2ccc(F)cc2)n1-c1ccccc1)NCC1COc2ccccc2C1. The number of amides is 1. The van der Waals surface area contributed by atoms with Crippen LogP contribution in [0.25, 0.3) is 17.1 Å². The standard InChI is InChI=1S/C26H23FN4O2S/c27-21-12-10-19(11-13-21)25-29-30-26(31(25)22-7-2-1-3-8-22)34-17-24(32)28-15-18-14-20-6-4-5-9-23(20)33-16-18/h1-13,18H,14-17H2,(H,28,32). The first-order chi connectivity index (χ1) is 16.7. The highest BCUT2D eigenvalue weighted by molar-refractivity contribution is 7.99. The number of benzene rings is 3. The molecule has 0 fully saturated rings. The molecule has 1 aliphatic heterocycles. The number of para-hydroxylation sites is 2. The van der Waals surface area contributed by atoms with Crippen molar-refractivity contribution < 1.29 is 13.9 Å². The van der Waals surface area contributed by atoms with Gasteiger partial charge in [0, 0.05) is 23.7 Å². The second-order valence-corrected chi connectivity index (χ2v) is 9.01. The molecule has 0 saturated carbocycles. The molecular formula is C26H23FN4O2S. The van der Waals surface area contributed by atoms with E-state index in [0.717, 1.165) is 23.4 Å². The fourth-order valence-corrected chi connectivity index (χ4v) is 4.70. The average Bonchev–Trinajstić information content (AvgIpc) is 3.31. The molecule has 0 bridgehead atoms. The van der Waals surface area contributed by atoms with Crippen molar-refractivity contribution in [3.8, 4) is 22.8 Å². The van der Waals surface area contributed by atoms with Gasteiger partial charge >= 0.3 is 0 Å². The van der Waals surface area contributed by atoms with Crippen molar-refractivity contribution in [2.75, 3.05) is 18.9 Å². The van der Waals surface area contributed by atoms with E-state index in [-0.39, 0.29) is 23.4 Å². The number of thioether (sulfide) groups is 1. The van der Waals surface area contributed by atoms with Gasteiger partial charge in [-0.05, 0) is 54.4 Å². The zero-order chi connectivity index (χ0) is 23.3. The smallest absolute Gasteiger partial charge is 0.230 e. The molecule has 1 aromatic heterocycles. The number of halogens is 1. The van der Waals surface area contributed by atoms with Gasteiger partial charge < -0.3 is 10.1 Å². The summed E-state index contributed by atoms with van der Waals surface area (Å²) in [7, 11) is 0. The van der Waals surface area contributed by atoms with Gasteiger partial charge in [-0.25, -0.2) is 4.39 Å². The number of nitrogens with one attached hydrogen (secondary N) is 1. The number of aromatic nitrogens is 3. The Kier molecular flexibility index (Phi) is 6.58. The highest BCUT2D eigenvalue weighted by Gasteiger charge is 2.21. The fourth-order valence-electron chi connectivity index (χ4n) is 3.92. The molecule has 172 valence electrons. The molecular weight excluding hydrogens is 451 g/mol. The predicted molar refractivity (Wildman–Crippen MR) is 130 cm³/mol. The summed E-state index contributed by atoms with van der Waals surface area (Å²) in [5.41, 5.74) is 2.78. The van der Waals surface area contributed by atoms with Crippen molar-refractivity contribution in [1.29, 1.82) is 0 Å². The Morgan fingerprint density at radius 1 is 1.03 bits per heavy atom. The highest BCUT2D eigenvalue weighted by Crippen LogP contribution is 2.29. The Balaban J connectivity index is 1.25. The number of nitrogens with zero attached hydrogens (tertiary/aromatic N) is 3. The number of carbonyl (C=O) groups excluding carboxylic acids is 1. The summed E-state index contributed by atoms with van der Waals surface area (Å²) in [6, 6.07) is 23.8. The monoisotopic (exact) mass is 474 g/mol. The van der Waals surface area contributed by atoms with E-state index in [4.69, 9.17) is 4.74 Å². The van der Waals surface area contributed by atoms with Crippen LogP contribution in [0.4, 0.5) is 4.39 Å². The normalized spacial score (nSPS) is 14.8. The third-order valence-corrected chi connectivity index (χ3v) is 6.56. The van der Waals surface area contributed by atoms with Crippen molar-refractivity contribution in [2.24, 2.45) is 5.92 Å². The Labute approximate surface area is 201 Å². The molecule has 4 aromatic rings. The molecule has 1 unspecified atom stereocenters. The molecule has 1 aliphatic rings. The van der Waals surface area contributed by atoms with Gasteiger partial charge in [-0.1, -0.05) is 48.2 Å². The number of rotatable bonds is 7. The van der Waals surface area contributed by atoms with E-state index in [2.05, 4.69) is 21.6 Å². The molecule has 0 radical (unpaired) electrons. The Bertz CT molecular complexity index is 1280. The van der Waals surface area contributed by atoms with Crippen LogP contribution >= 0.6 is 11.8 Å².